The van der Waals surface area contributed by atoms with Crippen LogP contribution >= 0.6 is 11.6 Å². The average Bonchev–Trinajstić information content (AvgIpc) is 3.15. The molecule has 1 aliphatic rings. The SMILES string of the molecule is CC(C)N(C)c1cc(C(=O)NNC(=O)c2cc(F)c(OCC3COC(C)(C)N3)cc2Cl)ccn1. The van der Waals surface area contributed by atoms with Gasteiger partial charge in [0.2, 0.25) is 0 Å². The van der Waals surface area contributed by atoms with Crippen molar-refractivity contribution in [2.75, 3.05) is 25.2 Å². The average molecular weight is 494 g/mol. The number of anilines is 1. The summed E-state index contributed by atoms with van der Waals surface area (Å²) in [7, 11) is 1.86. The molecule has 34 heavy (non-hydrogen) atoms. The predicted molar refractivity (Wildman–Crippen MR) is 127 cm³/mol. The molecule has 11 heteroatoms. The molecule has 0 saturated carbocycles. The van der Waals surface area contributed by atoms with Crippen LogP contribution in [0.4, 0.5) is 10.2 Å². The van der Waals surface area contributed by atoms with Crippen molar-refractivity contribution in [3.63, 3.8) is 0 Å². The molecule has 0 spiro atoms. The highest BCUT2D eigenvalue weighted by Crippen LogP contribution is 2.27. The van der Waals surface area contributed by atoms with Gasteiger partial charge in [0.1, 0.15) is 18.1 Å². The maximum absolute atomic E-state index is 14.6. The molecule has 3 rings (SSSR count). The van der Waals surface area contributed by atoms with Crippen molar-refractivity contribution in [2.45, 2.75) is 45.5 Å². The Balaban J connectivity index is 1.60. The number of hydrogen-bond donors (Lipinski definition) is 3. The Morgan fingerprint density at radius 2 is 2.03 bits per heavy atom. The van der Waals surface area contributed by atoms with Gasteiger partial charge in [0.15, 0.2) is 11.6 Å². The number of amides is 2. The molecule has 0 radical (unpaired) electrons. The van der Waals surface area contributed by atoms with Gasteiger partial charge in [-0.1, -0.05) is 11.6 Å². The summed E-state index contributed by atoms with van der Waals surface area (Å²) in [6.07, 6.45) is 1.50. The van der Waals surface area contributed by atoms with Crippen molar-refractivity contribution < 1.29 is 23.5 Å². The lowest BCUT2D eigenvalue weighted by Crippen LogP contribution is -2.42. The fourth-order valence-electron chi connectivity index (χ4n) is 3.25. The van der Waals surface area contributed by atoms with E-state index in [1.165, 1.54) is 18.3 Å². The highest BCUT2D eigenvalue weighted by Gasteiger charge is 2.31. The van der Waals surface area contributed by atoms with Crippen LogP contribution in [-0.4, -0.2) is 54.9 Å². The van der Waals surface area contributed by atoms with Crippen molar-refractivity contribution in [3.8, 4) is 5.75 Å². The number of halogens is 2. The second-order valence-electron chi connectivity index (χ2n) is 8.75. The van der Waals surface area contributed by atoms with Gasteiger partial charge in [-0.2, -0.15) is 0 Å². The monoisotopic (exact) mass is 493 g/mol. The lowest BCUT2D eigenvalue weighted by molar-refractivity contribution is 0.0230. The summed E-state index contributed by atoms with van der Waals surface area (Å²) in [5.74, 6) is -1.56. The molecule has 1 aromatic heterocycles. The number of nitrogens with one attached hydrogen (secondary N) is 3. The maximum Gasteiger partial charge on any atom is 0.271 e. The Bertz CT molecular complexity index is 1070. The van der Waals surface area contributed by atoms with E-state index in [0.717, 1.165) is 6.07 Å². The van der Waals surface area contributed by atoms with E-state index in [0.29, 0.717) is 18.0 Å². The summed E-state index contributed by atoms with van der Waals surface area (Å²) in [6, 6.07) is 5.38. The maximum atomic E-state index is 14.6. The van der Waals surface area contributed by atoms with Gasteiger partial charge in [0.05, 0.1) is 23.2 Å². The lowest BCUT2D eigenvalue weighted by atomic mass is 10.2. The van der Waals surface area contributed by atoms with Gasteiger partial charge in [-0.3, -0.25) is 25.8 Å². The van der Waals surface area contributed by atoms with Crippen LogP contribution in [0.2, 0.25) is 5.02 Å². The van der Waals surface area contributed by atoms with Gasteiger partial charge in [0, 0.05) is 30.9 Å². The van der Waals surface area contributed by atoms with Gasteiger partial charge >= 0.3 is 0 Å². The van der Waals surface area contributed by atoms with E-state index >= 15 is 0 Å². The third-order valence-electron chi connectivity index (χ3n) is 5.34. The second-order valence-corrected chi connectivity index (χ2v) is 9.16. The highest BCUT2D eigenvalue weighted by atomic mass is 35.5. The van der Waals surface area contributed by atoms with Gasteiger partial charge < -0.3 is 14.4 Å². The third kappa shape index (κ3) is 6.34. The zero-order valence-electron chi connectivity index (χ0n) is 19.7. The second kappa shape index (κ2) is 10.5. The fraction of sp³-hybridized carbons (Fsp3) is 0.435. The number of ether oxygens (including phenoxy) is 2. The van der Waals surface area contributed by atoms with Gasteiger partial charge in [-0.25, -0.2) is 9.37 Å². The first kappa shape index (κ1) is 25.7. The minimum absolute atomic E-state index is 0.0242. The normalized spacial score (nSPS) is 16.9. The number of hydrazine groups is 1. The smallest absolute Gasteiger partial charge is 0.271 e. The van der Waals surface area contributed by atoms with Crippen LogP contribution in [0.1, 0.15) is 48.4 Å². The molecule has 1 aromatic carbocycles. The van der Waals surface area contributed by atoms with Gasteiger partial charge in [0.25, 0.3) is 11.8 Å². The minimum Gasteiger partial charge on any atom is -0.489 e. The Labute approximate surface area is 202 Å². The van der Waals surface area contributed by atoms with Crippen LogP contribution in [-0.2, 0) is 4.74 Å². The quantitative estimate of drug-likeness (QED) is 0.509. The molecule has 2 amide bonds. The molecule has 2 heterocycles. The van der Waals surface area contributed by atoms with E-state index < -0.39 is 23.4 Å². The van der Waals surface area contributed by atoms with Crippen LogP contribution in [0.25, 0.3) is 0 Å². The van der Waals surface area contributed by atoms with Crippen molar-refractivity contribution >= 4 is 29.2 Å². The van der Waals surface area contributed by atoms with Crippen LogP contribution < -0.4 is 25.8 Å². The molecule has 1 aliphatic heterocycles. The number of benzene rings is 1. The first-order valence-corrected chi connectivity index (χ1v) is 11.2. The molecule has 9 nitrogen and oxygen atoms in total. The molecule has 1 unspecified atom stereocenters. The zero-order chi connectivity index (χ0) is 25.0. The van der Waals surface area contributed by atoms with Crippen molar-refractivity contribution in [1.82, 2.24) is 21.2 Å². The van der Waals surface area contributed by atoms with E-state index in [9.17, 15) is 14.0 Å². The van der Waals surface area contributed by atoms with Crippen LogP contribution in [0.3, 0.4) is 0 Å². The molecule has 1 atom stereocenters. The van der Waals surface area contributed by atoms with Crippen molar-refractivity contribution in [1.29, 1.82) is 0 Å². The molecular weight excluding hydrogens is 465 g/mol. The topological polar surface area (TPSA) is 105 Å². The Hall–Kier alpha value is -2.95. The molecule has 1 saturated heterocycles. The Kier molecular flexibility index (Phi) is 7.96. The number of carbonyl (C=O) groups is 2. The summed E-state index contributed by atoms with van der Waals surface area (Å²) >= 11 is 6.18. The van der Waals surface area contributed by atoms with Crippen LogP contribution in [0.15, 0.2) is 30.5 Å². The number of carbonyl (C=O) groups excluding carboxylic acids is 2. The summed E-state index contributed by atoms with van der Waals surface area (Å²) in [5, 5.41) is 3.18. The number of pyridine rings is 1. The lowest BCUT2D eigenvalue weighted by Gasteiger charge is -2.22. The molecular formula is C23H29ClFN5O4. The highest BCUT2D eigenvalue weighted by molar-refractivity contribution is 6.34. The molecule has 3 N–H and O–H groups in total. The number of rotatable bonds is 7. The van der Waals surface area contributed by atoms with Crippen LogP contribution in [0.5, 0.6) is 5.75 Å². The summed E-state index contributed by atoms with van der Waals surface area (Å²) in [4.78, 5) is 31.1. The van der Waals surface area contributed by atoms with E-state index in [4.69, 9.17) is 21.1 Å². The van der Waals surface area contributed by atoms with E-state index in [-0.39, 0.29) is 35.0 Å². The molecule has 1 fully saturated rings. The van der Waals surface area contributed by atoms with E-state index in [1.807, 2.05) is 39.6 Å². The Morgan fingerprint density at radius 1 is 1.32 bits per heavy atom. The van der Waals surface area contributed by atoms with Gasteiger partial charge in [-0.15, -0.1) is 0 Å². The predicted octanol–water partition coefficient (Wildman–Crippen LogP) is 2.90. The third-order valence-corrected chi connectivity index (χ3v) is 5.65. The van der Waals surface area contributed by atoms with Crippen LogP contribution in [0, 0.1) is 5.82 Å². The minimum atomic E-state index is -0.773. The number of nitrogens with zero attached hydrogens (tertiary/aromatic N) is 2. The fourth-order valence-corrected chi connectivity index (χ4v) is 3.49. The first-order chi connectivity index (χ1) is 16.0. The molecule has 0 bridgehead atoms. The van der Waals surface area contributed by atoms with Crippen molar-refractivity contribution in [2.24, 2.45) is 0 Å². The van der Waals surface area contributed by atoms with E-state index in [1.54, 1.807) is 6.07 Å². The molecule has 184 valence electrons. The largest absolute Gasteiger partial charge is 0.489 e. The standard InChI is InChI=1S/C23H29ClFN5O4/c1-13(2)30(5)20-8-14(6-7-26-20)21(31)28-29-22(32)16-9-18(25)19(10-17(16)24)33-11-15-12-34-23(3,4)27-15/h6-10,13,15,27H,11-12H2,1-5H3,(H,28,31)(H,29,32). The van der Waals surface area contributed by atoms with Gasteiger partial charge in [-0.05, 0) is 45.9 Å². The summed E-state index contributed by atoms with van der Waals surface area (Å²) in [6.45, 7) is 8.35. The van der Waals surface area contributed by atoms with E-state index in [2.05, 4.69) is 21.2 Å². The zero-order valence-corrected chi connectivity index (χ0v) is 20.5. The molecule has 2 aromatic rings. The Morgan fingerprint density at radius 3 is 2.68 bits per heavy atom. The summed E-state index contributed by atoms with van der Waals surface area (Å²) < 4.78 is 25.6. The molecule has 0 aliphatic carbocycles. The van der Waals surface area contributed by atoms with Crippen molar-refractivity contribution in [3.05, 3.63) is 52.4 Å². The summed E-state index contributed by atoms with van der Waals surface area (Å²) in [5.41, 5.74) is 4.23. The number of hydrogen-bond acceptors (Lipinski definition) is 7. The number of aromatic nitrogens is 1. The first-order valence-electron chi connectivity index (χ1n) is 10.8.